The highest BCUT2D eigenvalue weighted by Crippen LogP contribution is 2.51. The molecule has 0 bridgehead atoms. The van der Waals surface area contributed by atoms with Gasteiger partial charge >= 0.3 is 0 Å². The lowest BCUT2D eigenvalue weighted by Gasteiger charge is -2.20. The molecule has 58 heavy (non-hydrogen) atoms. The summed E-state index contributed by atoms with van der Waals surface area (Å²) < 4.78 is 18.9. The van der Waals surface area contributed by atoms with E-state index in [0.717, 1.165) is 70.7 Å². The smallest absolute Gasteiger partial charge is 0.171 e. The van der Waals surface area contributed by atoms with E-state index in [4.69, 9.17) is 4.98 Å². The summed E-state index contributed by atoms with van der Waals surface area (Å²) in [5, 5.41) is 7.18. The fourth-order valence-electron chi connectivity index (χ4n) is 8.62. The van der Waals surface area contributed by atoms with Gasteiger partial charge in [0.2, 0.25) is 0 Å². The molecule has 11 rings (SSSR count). The molecule has 8 aromatic carbocycles. The van der Waals surface area contributed by atoms with Gasteiger partial charge in [0.15, 0.2) is 7.14 Å². The first kappa shape index (κ1) is 34.4. The molecule has 0 N–H and O–H groups in total. The zero-order valence-corrected chi connectivity index (χ0v) is 33.1. The van der Waals surface area contributed by atoms with E-state index in [-0.39, 0.29) is 0 Å². The molecule has 274 valence electrons. The molecular weight excluding hydrogens is 744 g/mol. The fourth-order valence-corrected chi connectivity index (χ4v) is 12.6. The summed E-state index contributed by atoms with van der Waals surface area (Å²) in [7, 11) is -3.15. The monoisotopic (exact) mass is 778 g/mol. The summed E-state index contributed by atoms with van der Waals surface area (Å²) in [5.41, 5.74) is 9.76. The van der Waals surface area contributed by atoms with Gasteiger partial charge in [0.25, 0.3) is 0 Å². The highest BCUT2D eigenvalue weighted by Gasteiger charge is 2.30. The number of benzene rings is 8. The molecule has 0 saturated heterocycles. The van der Waals surface area contributed by atoms with Gasteiger partial charge in [-0.3, -0.25) is 0 Å². The lowest BCUT2D eigenvalue weighted by Crippen LogP contribution is -2.24. The van der Waals surface area contributed by atoms with E-state index in [2.05, 4.69) is 156 Å². The van der Waals surface area contributed by atoms with Crippen LogP contribution in [0.5, 0.6) is 0 Å². The topological polar surface area (TPSA) is 34.9 Å². The number of thiophene rings is 1. The third-order valence-corrected chi connectivity index (χ3v) is 15.6. The number of pyridine rings is 1. The number of hydrogen-bond donors (Lipinski definition) is 0. The average Bonchev–Trinajstić information content (AvgIpc) is 3.87. The number of fused-ring (bicyclic) bond motifs is 6. The Morgan fingerprint density at radius 1 is 0.448 bits per heavy atom. The Hall–Kier alpha value is -6.84. The Morgan fingerprint density at radius 2 is 0.966 bits per heavy atom. The van der Waals surface area contributed by atoms with Crippen LogP contribution >= 0.6 is 18.5 Å². The number of hydrogen-bond acceptors (Lipinski definition) is 3. The molecule has 0 aliphatic carbocycles. The van der Waals surface area contributed by atoms with Gasteiger partial charge in [0.1, 0.15) is 0 Å². The minimum absolute atomic E-state index is 0.807. The molecule has 3 heterocycles. The van der Waals surface area contributed by atoms with Crippen molar-refractivity contribution in [3.8, 4) is 38.5 Å². The molecular formula is C53H35N2OPS. The summed E-state index contributed by atoms with van der Waals surface area (Å²) in [5.74, 6) is 0. The van der Waals surface area contributed by atoms with Gasteiger partial charge < -0.3 is 9.13 Å². The SMILES string of the molecule is O=P(c1ccccc1)(c1ccccc1)c1ccc(-c2sc3c(c(-c4ccccc4)nc4ccccc43)c2-c2cccc(-n3c4ccccc4c4ccccc43)c2)cc1. The predicted molar refractivity (Wildman–Crippen MR) is 247 cm³/mol. The second-order valence-corrected chi connectivity index (χ2v) is 18.4. The Labute approximate surface area is 340 Å². The number of para-hydroxylation sites is 3. The molecule has 5 heteroatoms. The predicted octanol–water partition coefficient (Wildman–Crippen LogP) is 13.2. The first-order chi connectivity index (χ1) is 28.7. The summed E-state index contributed by atoms with van der Waals surface area (Å²) in [6.07, 6.45) is 0. The summed E-state index contributed by atoms with van der Waals surface area (Å²) in [4.78, 5) is 6.54. The van der Waals surface area contributed by atoms with Crippen LogP contribution in [0.25, 0.3) is 81.3 Å². The van der Waals surface area contributed by atoms with E-state index in [1.54, 1.807) is 0 Å². The Kier molecular flexibility index (Phi) is 8.29. The highest BCUT2D eigenvalue weighted by atomic mass is 32.1. The van der Waals surface area contributed by atoms with E-state index >= 15 is 4.57 Å². The Morgan fingerprint density at radius 3 is 1.60 bits per heavy atom. The summed E-state index contributed by atoms with van der Waals surface area (Å²) in [6, 6.07) is 73.6. The van der Waals surface area contributed by atoms with Crippen LogP contribution in [0, 0.1) is 0 Å². The fraction of sp³-hybridized carbons (Fsp3) is 0. The Balaban J connectivity index is 1.18. The number of aromatic nitrogens is 2. The van der Waals surface area contributed by atoms with Crippen LogP contribution in [0.3, 0.4) is 0 Å². The molecule has 3 aromatic heterocycles. The third-order valence-electron chi connectivity index (χ3n) is 11.3. The van der Waals surface area contributed by atoms with E-state index in [1.807, 2.05) is 72.0 Å². The van der Waals surface area contributed by atoms with Gasteiger partial charge in [-0.15, -0.1) is 11.3 Å². The van der Waals surface area contributed by atoms with Crippen molar-refractivity contribution in [2.24, 2.45) is 0 Å². The normalized spacial score (nSPS) is 11.9. The van der Waals surface area contributed by atoms with Crippen molar-refractivity contribution in [2.75, 3.05) is 0 Å². The van der Waals surface area contributed by atoms with E-state index < -0.39 is 7.14 Å². The van der Waals surface area contributed by atoms with Crippen molar-refractivity contribution < 1.29 is 4.57 Å². The van der Waals surface area contributed by atoms with Crippen molar-refractivity contribution in [3.05, 3.63) is 212 Å². The maximum Gasteiger partial charge on any atom is 0.171 e. The standard InChI is InChI=1S/C53H35N2OPS/c56-57(40-21-6-2-7-22-40,41-23-8-3-9-24-41)42-33-31-37(32-34-42)52-49(50-51(36-17-4-1-5-18-36)54-46-28-13-10-27-45(46)53(50)58-52)38-19-16-20-39(35-38)55-47-29-14-11-25-43(47)44-26-12-15-30-48(44)55/h1-35H. The minimum atomic E-state index is -3.15. The van der Waals surface area contributed by atoms with E-state index in [1.165, 1.54) is 26.5 Å². The maximum absolute atomic E-state index is 15.4. The largest absolute Gasteiger partial charge is 0.309 e. The molecule has 0 spiro atoms. The summed E-state index contributed by atoms with van der Waals surface area (Å²) in [6.45, 7) is 0. The van der Waals surface area contributed by atoms with E-state index in [0.29, 0.717) is 0 Å². The van der Waals surface area contributed by atoms with Crippen LogP contribution < -0.4 is 15.9 Å². The van der Waals surface area contributed by atoms with Crippen molar-refractivity contribution in [2.45, 2.75) is 0 Å². The second kappa shape index (κ2) is 14.0. The molecule has 0 fully saturated rings. The van der Waals surface area contributed by atoms with E-state index in [9.17, 15) is 0 Å². The van der Waals surface area contributed by atoms with Gasteiger partial charge in [-0.05, 0) is 41.5 Å². The summed E-state index contributed by atoms with van der Waals surface area (Å²) >= 11 is 1.81. The molecule has 11 aromatic rings. The second-order valence-electron chi connectivity index (χ2n) is 14.6. The van der Waals surface area contributed by atoms with Crippen LogP contribution in [-0.2, 0) is 4.57 Å². The quantitative estimate of drug-likeness (QED) is 0.151. The molecule has 0 radical (unpaired) electrons. The third kappa shape index (κ3) is 5.49. The molecule has 0 saturated carbocycles. The van der Waals surface area contributed by atoms with Gasteiger partial charge in [-0.25, -0.2) is 4.98 Å². The lowest BCUT2D eigenvalue weighted by atomic mass is 9.94. The van der Waals surface area contributed by atoms with Crippen molar-refractivity contribution in [1.29, 1.82) is 0 Å². The molecule has 0 atom stereocenters. The number of rotatable bonds is 7. The molecule has 0 aliphatic heterocycles. The first-order valence-corrected chi connectivity index (χ1v) is 22.0. The van der Waals surface area contributed by atoms with Crippen molar-refractivity contribution in [3.63, 3.8) is 0 Å². The highest BCUT2D eigenvalue weighted by molar-refractivity contribution is 7.85. The minimum Gasteiger partial charge on any atom is -0.309 e. The van der Waals surface area contributed by atoms with Crippen LogP contribution in [0.4, 0.5) is 0 Å². The van der Waals surface area contributed by atoms with Crippen LogP contribution in [0.1, 0.15) is 0 Å². The van der Waals surface area contributed by atoms with Gasteiger partial charge in [0.05, 0.1) is 22.2 Å². The lowest BCUT2D eigenvalue weighted by molar-refractivity contribution is 0.592. The zero-order chi connectivity index (χ0) is 38.6. The van der Waals surface area contributed by atoms with Crippen molar-refractivity contribution >= 4 is 77.2 Å². The van der Waals surface area contributed by atoms with Gasteiger partial charge in [-0.1, -0.05) is 182 Å². The average molecular weight is 779 g/mol. The van der Waals surface area contributed by atoms with Crippen molar-refractivity contribution in [1.82, 2.24) is 9.55 Å². The Bertz CT molecular complexity index is 3260. The molecule has 0 unspecified atom stereocenters. The van der Waals surface area contributed by atoms with Gasteiger partial charge in [0, 0.05) is 63.8 Å². The van der Waals surface area contributed by atoms with Crippen LogP contribution in [0.2, 0.25) is 0 Å². The zero-order valence-electron chi connectivity index (χ0n) is 31.4. The van der Waals surface area contributed by atoms with Crippen LogP contribution in [0.15, 0.2) is 212 Å². The molecule has 3 nitrogen and oxygen atoms in total. The van der Waals surface area contributed by atoms with Gasteiger partial charge in [-0.2, -0.15) is 0 Å². The molecule has 0 aliphatic rings. The first-order valence-electron chi connectivity index (χ1n) is 19.5. The molecule has 0 amide bonds. The number of nitrogens with zero attached hydrogens (tertiary/aromatic N) is 2. The van der Waals surface area contributed by atoms with Crippen LogP contribution in [-0.4, -0.2) is 9.55 Å². The maximum atomic E-state index is 15.4.